The van der Waals surface area contributed by atoms with Gasteiger partial charge in [-0.3, -0.25) is 19.6 Å². The van der Waals surface area contributed by atoms with E-state index in [9.17, 15) is 22.8 Å². The molecule has 14 nitrogen and oxygen atoms in total. The molecule has 8 aromatic rings. The van der Waals surface area contributed by atoms with Crippen molar-refractivity contribution in [2.75, 3.05) is 49.4 Å². The van der Waals surface area contributed by atoms with Crippen LogP contribution in [0.15, 0.2) is 140 Å². The Morgan fingerprint density at radius 3 is 1.49 bits per heavy atom. The molecule has 0 aliphatic carbocycles. The van der Waals surface area contributed by atoms with Crippen LogP contribution in [-0.4, -0.2) is 73.5 Å². The summed E-state index contributed by atoms with van der Waals surface area (Å²) in [5.74, 6) is -4.08. The lowest BCUT2D eigenvalue weighted by atomic mass is 9.96. The van der Waals surface area contributed by atoms with Crippen molar-refractivity contribution in [3.63, 3.8) is 0 Å². The van der Waals surface area contributed by atoms with Crippen LogP contribution in [-0.2, 0) is 18.9 Å². The Balaban J connectivity index is 0.000000153. The van der Waals surface area contributed by atoms with E-state index >= 15 is 8.78 Å². The second kappa shape index (κ2) is 21.0. The molecule has 8 aliphatic heterocycles. The minimum atomic E-state index is -1.46. The van der Waals surface area contributed by atoms with Gasteiger partial charge in [0.15, 0.2) is 11.6 Å². The van der Waals surface area contributed by atoms with Crippen LogP contribution in [0.5, 0.6) is 11.5 Å². The fraction of sp³-hybridized carbons (Fsp3) is 0.200. The van der Waals surface area contributed by atoms with Crippen molar-refractivity contribution in [2.24, 2.45) is 0 Å². The van der Waals surface area contributed by atoms with Gasteiger partial charge >= 0.3 is 0 Å². The van der Waals surface area contributed by atoms with E-state index in [0.717, 1.165) is 22.9 Å². The molecular formula is C60H43Cl2F5N6O8. The Hall–Kier alpha value is -8.81. The second-order valence-corrected chi connectivity index (χ2v) is 20.6. The Kier molecular flexibility index (Phi) is 13.4. The number of aromatic nitrogens is 2. The Labute approximate surface area is 468 Å². The van der Waals surface area contributed by atoms with Gasteiger partial charge < -0.3 is 48.9 Å². The van der Waals surface area contributed by atoms with Gasteiger partial charge in [-0.05, 0) is 66.2 Å². The molecule has 2 unspecified atom stereocenters. The van der Waals surface area contributed by atoms with Gasteiger partial charge in [0, 0.05) is 79.9 Å². The first-order valence-corrected chi connectivity index (χ1v) is 26.5. The van der Waals surface area contributed by atoms with Gasteiger partial charge in [0.05, 0.1) is 71.2 Å². The monoisotopic (exact) mass is 1140 g/mol. The first-order valence-electron chi connectivity index (χ1n) is 25.8. The molecule has 0 spiro atoms. The minimum absolute atomic E-state index is 0.0708. The van der Waals surface area contributed by atoms with E-state index in [2.05, 4.69) is 20.6 Å². The van der Waals surface area contributed by atoms with E-state index in [0.29, 0.717) is 107 Å². The summed E-state index contributed by atoms with van der Waals surface area (Å²) in [7, 11) is 0. The SMILES string of the molecule is O=C(NC1CCOc2ccccc21)c1cnc2c(-c3cc(Cl)cc(Cl)c3)c(F)ccc2c1N1C=C2OCC1CO2.O=C(NC1CCOc2ccccc21)c1cnc2c(-c3cc(F)cc(F)c3F)c(F)ccc2c1N1C=C2OCC1CO2. The zero-order chi connectivity index (χ0) is 55.6. The highest BCUT2D eigenvalue weighted by atomic mass is 35.5. The van der Waals surface area contributed by atoms with E-state index in [1.165, 1.54) is 24.5 Å². The number of fused-ring (bicyclic) bond motifs is 10. The third-order valence-electron chi connectivity index (χ3n) is 14.8. The normalized spacial score (nSPS) is 17.9. The van der Waals surface area contributed by atoms with Crippen LogP contribution < -0.4 is 29.9 Å². The van der Waals surface area contributed by atoms with Crippen molar-refractivity contribution >= 4 is 68.2 Å². The number of hydrogen-bond acceptors (Lipinski definition) is 12. The van der Waals surface area contributed by atoms with Crippen LogP contribution in [0, 0.1) is 29.1 Å². The molecule has 410 valence electrons. The first-order chi connectivity index (χ1) is 39.3. The molecule has 81 heavy (non-hydrogen) atoms. The van der Waals surface area contributed by atoms with E-state index in [1.807, 2.05) is 53.4 Å². The Morgan fingerprint density at radius 2 is 1.01 bits per heavy atom. The van der Waals surface area contributed by atoms with Crippen LogP contribution in [0.25, 0.3) is 44.1 Å². The summed E-state index contributed by atoms with van der Waals surface area (Å²) in [6, 6.07) is 25.4. The number of rotatable bonds is 8. The summed E-state index contributed by atoms with van der Waals surface area (Å²) >= 11 is 12.5. The van der Waals surface area contributed by atoms with Crippen molar-refractivity contribution in [1.29, 1.82) is 0 Å². The fourth-order valence-corrected chi connectivity index (χ4v) is 11.6. The average Bonchev–Trinajstić information content (AvgIpc) is 3.67. The number of pyridine rings is 2. The number of nitrogens with one attached hydrogen (secondary N) is 2. The summed E-state index contributed by atoms with van der Waals surface area (Å²) < 4.78 is 108. The van der Waals surface area contributed by atoms with E-state index in [4.69, 9.17) is 51.6 Å². The maximum Gasteiger partial charge on any atom is 0.296 e. The number of hydrogen-bond donors (Lipinski definition) is 2. The number of carbonyl (C=O) groups is 2. The fourth-order valence-electron chi connectivity index (χ4n) is 11.1. The molecule has 2 atom stereocenters. The number of benzene rings is 6. The molecule has 10 heterocycles. The number of halogens is 7. The van der Waals surface area contributed by atoms with E-state index in [1.54, 1.807) is 41.6 Å². The topological polar surface area (TPSA) is 146 Å². The number of nitrogens with zero attached hydrogens (tertiary/aromatic N) is 4. The quantitative estimate of drug-likeness (QED) is 0.110. The van der Waals surface area contributed by atoms with E-state index < -0.39 is 46.1 Å². The number of ether oxygens (including phenoxy) is 6. The summed E-state index contributed by atoms with van der Waals surface area (Å²) in [6.07, 6.45) is 7.23. The Bertz CT molecular complexity index is 3940. The summed E-state index contributed by atoms with van der Waals surface area (Å²) in [5.41, 5.74) is 3.19. The molecule has 8 aliphatic rings. The lowest BCUT2D eigenvalue weighted by molar-refractivity contribution is -0.0414. The zero-order valence-electron chi connectivity index (χ0n) is 42.3. The highest BCUT2D eigenvalue weighted by Gasteiger charge is 2.38. The third kappa shape index (κ3) is 9.52. The second-order valence-electron chi connectivity index (χ2n) is 19.7. The maximum absolute atomic E-state index is 15.4. The number of para-hydroxylation sites is 2. The van der Waals surface area contributed by atoms with Gasteiger partial charge in [0.2, 0.25) is 0 Å². The molecule has 0 saturated carbocycles. The average molecular weight is 1140 g/mol. The van der Waals surface area contributed by atoms with Crippen LogP contribution >= 0.6 is 23.2 Å². The van der Waals surface area contributed by atoms with Crippen molar-refractivity contribution in [3.8, 4) is 33.8 Å². The van der Waals surface area contributed by atoms with Gasteiger partial charge in [-0.1, -0.05) is 59.6 Å². The van der Waals surface area contributed by atoms with Crippen molar-refractivity contribution in [3.05, 3.63) is 201 Å². The van der Waals surface area contributed by atoms with Gasteiger partial charge in [0.25, 0.3) is 23.7 Å². The Morgan fingerprint density at radius 1 is 0.543 bits per heavy atom. The molecule has 21 heteroatoms. The molecule has 6 aromatic carbocycles. The van der Waals surface area contributed by atoms with Crippen molar-refractivity contribution < 1.29 is 60.0 Å². The molecule has 2 saturated heterocycles. The smallest absolute Gasteiger partial charge is 0.296 e. The standard InChI is InChI=1S/C30H22Cl2FN3O4.C30H21F4N3O4/c31-17-9-16(10-18(32)11-17)27-23(33)6-5-21-28(27)34-12-22(29(21)36-13-26-39-14-19(36)15-40-26)30(37)35-24-7-8-38-25-4-2-1-3-20(24)25;31-15-9-19(27(34)22(33)10-15)26-21(32)6-5-18-28(26)35-11-20(29(18)37-12-25-40-13-16(37)14-41-25)30(38)36-23-7-8-39-24-4-2-1-3-17(23)24/h1-6,9-13,19,24H,7-8,14-15H2,(H,35,37);1-6,9-12,16,23H,7-8,13-14H2,(H,36,38). The summed E-state index contributed by atoms with van der Waals surface area (Å²) in [4.78, 5) is 40.5. The third-order valence-corrected chi connectivity index (χ3v) is 15.3. The maximum atomic E-state index is 15.4. The number of amides is 2. The molecule has 2 N–H and O–H groups in total. The number of carbonyl (C=O) groups excluding carboxylic acids is 2. The molecule has 2 amide bonds. The molecule has 16 rings (SSSR count). The summed E-state index contributed by atoms with van der Waals surface area (Å²) in [5, 5.41) is 7.85. The van der Waals surface area contributed by atoms with Gasteiger partial charge in [-0.25, -0.2) is 22.0 Å². The van der Waals surface area contributed by atoms with Crippen LogP contribution in [0.2, 0.25) is 10.0 Å². The molecular weight excluding hydrogens is 1100 g/mol. The van der Waals surface area contributed by atoms with Crippen LogP contribution in [0.1, 0.15) is 56.8 Å². The highest BCUT2D eigenvalue weighted by molar-refractivity contribution is 6.35. The zero-order valence-corrected chi connectivity index (χ0v) is 43.8. The van der Waals surface area contributed by atoms with Crippen LogP contribution in [0.3, 0.4) is 0 Å². The first kappa shape index (κ1) is 51.6. The molecule has 4 bridgehead atoms. The largest absolute Gasteiger partial charge is 0.493 e. The predicted molar refractivity (Wildman–Crippen MR) is 290 cm³/mol. The predicted octanol–water partition coefficient (Wildman–Crippen LogP) is 12.4. The summed E-state index contributed by atoms with van der Waals surface area (Å²) in [6.45, 7) is 2.22. The molecule has 2 aromatic heterocycles. The van der Waals surface area contributed by atoms with Crippen molar-refractivity contribution in [1.82, 2.24) is 20.6 Å². The molecule has 2 fully saturated rings. The van der Waals surface area contributed by atoms with E-state index in [-0.39, 0.29) is 71.3 Å². The minimum Gasteiger partial charge on any atom is -0.493 e. The van der Waals surface area contributed by atoms with Gasteiger partial charge in [-0.2, -0.15) is 0 Å². The van der Waals surface area contributed by atoms with Crippen LogP contribution in [0.4, 0.5) is 33.3 Å². The lowest BCUT2D eigenvalue weighted by Crippen LogP contribution is -2.47. The number of anilines is 2. The van der Waals surface area contributed by atoms with Gasteiger partial charge in [0.1, 0.15) is 67.5 Å². The highest BCUT2D eigenvalue weighted by Crippen LogP contribution is 2.44. The van der Waals surface area contributed by atoms with Crippen molar-refractivity contribution in [2.45, 2.75) is 37.0 Å². The molecule has 0 radical (unpaired) electrons. The lowest BCUT2D eigenvalue weighted by Gasteiger charge is -2.40. The van der Waals surface area contributed by atoms with Gasteiger partial charge in [-0.15, -0.1) is 0 Å².